The Hall–Kier alpha value is -4.16. The standard InChI is InChI=1S/C31H22BrNO4/c1-19-13-14-26-25(15-19)29(34)27-28(33(31(35)30(27)37-26)23-11-6-10-22(32)17-23)21-9-5-12-24(16-21)36-18-20-7-3-2-4-8-20/h2-17,28H,18H2,1H3. The molecule has 0 N–H and O–H groups in total. The van der Waals surface area contributed by atoms with E-state index in [-0.39, 0.29) is 17.1 Å². The first-order valence-electron chi connectivity index (χ1n) is 11.9. The van der Waals surface area contributed by atoms with Crippen molar-refractivity contribution in [3.05, 3.63) is 140 Å². The normalized spacial score (nSPS) is 14.7. The molecular weight excluding hydrogens is 530 g/mol. The van der Waals surface area contributed by atoms with Crippen molar-refractivity contribution in [2.45, 2.75) is 19.6 Å². The van der Waals surface area contributed by atoms with Crippen molar-refractivity contribution in [3.63, 3.8) is 0 Å². The minimum Gasteiger partial charge on any atom is -0.489 e. The maximum absolute atomic E-state index is 13.9. The number of fused-ring (bicyclic) bond motifs is 2. The van der Waals surface area contributed by atoms with Gasteiger partial charge in [-0.25, -0.2) is 0 Å². The zero-order valence-electron chi connectivity index (χ0n) is 20.0. The topological polar surface area (TPSA) is 59.8 Å². The zero-order valence-corrected chi connectivity index (χ0v) is 21.6. The third-order valence-corrected chi connectivity index (χ3v) is 7.03. The predicted molar refractivity (Wildman–Crippen MR) is 147 cm³/mol. The highest BCUT2D eigenvalue weighted by molar-refractivity contribution is 9.10. The summed E-state index contributed by atoms with van der Waals surface area (Å²) in [5, 5.41) is 0.462. The van der Waals surface area contributed by atoms with Crippen LogP contribution in [0.3, 0.4) is 0 Å². The van der Waals surface area contributed by atoms with E-state index >= 15 is 0 Å². The Balaban J connectivity index is 1.50. The molecule has 0 spiro atoms. The second-order valence-corrected chi connectivity index (χ2v) is 9.99. The molecule has 1 aliphatic heterocycles. The number of aryl methyl sites for hydroxylation is 1. The lowest BCUT2D eigenvalue weighted by molar-refractivity contribution is 0.0971. The van der Waals surface area contributed by atoms with Crippen LogP contribution in [-0.2, 0) is 6.61 Å². The van der Waals surface area contributed by atoms with Gasteiger partial charge in [0, 0.05) is 10.2 Å². The molecule has 0 saturated heterocycles. The van der Waals surface area contributed by atoms with E-state index < -0.39 is 6.04 Å². The van der Waals surface area contributed by atoms with Gasteiger partial charge < -0.3 is 9.15 Å². The van der Waals surface area contributed by atoms with Gasteiger partial charge in [0.2, 0.25) is 5.76 Å². The van der Waals surface area contributed by atoms with Crippen LogP contribution >= 0.6 is 15.9 Å². The molecule has 1 aliphatic rings. The number of nitrogens with zero attached hydrogens (tertiary/aromatic N) is 1. The molecule has 1 amide bonds. The molecule has 37 heavy (non-hydrogen) atoms. The summed E-state index contributed by atoms with van der Waals surface area (Å²) in [4.78, 5) is 29.3. The number of ether oxygens (including phenoxy) is 1. The highest BCUT2D eigenvalue weighted by Gasteiger charge is 2.43. The van der Waals surface area contributed by atoms with E-state index in [9.17, 15) is 9.59 Å². The molecule has 0 radical (unpaired) electrons. The van der Waals surface area contributed by atoms with Gasteiger partial charge in [-0.3, -0.25) is 14.5 Å². The van der Waals surface area contributed by atoms with Crippen LogP contribution in [0.4, 0.5) is 5.69 Å². The summed E-state index contributed by atoms with van der Waals surface area (Å²) in [7, 11) is 0. The summed E-state index contributed by atoms with van der Waals surface area (Å²) >= 11 is 3.51. The van der Waals surface area contributed by atoms with Gasteiger partial charge in [0.05, 0.1) is 17.0 Å². The molecule has 6 heteroatoms. The maximum Gasteiger partial charge on any atom is 0.295 e. The van der Waals surface area contributed by atoms with Crippen molar-refractivity contribution in [1.29, 1.82) is 0 Å². The van der Waals surface area contributed by atoms with Gasteiger partial charge in [-0.1, -0.05) is 76.1 Å². The summed E-state index contributed by atoms with van der Waals surface area (Å²) in [5.41, 5.74) is 3.95. The molecule has 5 nitrogen and oxygen atoms in total. The molecular formula is C31H22BrNO4. The van der Waals surface area contributed by atoms with Gasteiger partial charge in [-0.05, 0) is 60.5 Å². The zero-order chi connectivity index (χ0) is 25.5. The van der Waals surface area contributed by atoms with Crippen LogP contribution in [-0.4, -0.2) is 5.91 Å². The largest absolute Gasteiger partial charge is 0.489 e. The molecule has 0 saturated carbocycles. The van der Waals surface area contributed by atoms with Crippen molar-refractivity contribution < 1.29 is 13.9 Å². The van der Waals surface area contributed by atoms with Gasteiger partial charge >= 0.3 is 0 Å². The summed E-state index contributed by atoms with van der Waals surface area (Å²) in [5.74, 6) is 0.368. The number of carbonyl (C=O) groups excluding carboxylic acids is 1. The van der Waals surface area contributed by atoms with Gasteiger partial charge in [-0.15, -0.1) is 0 Å². The minimum absolute atomic E-state index is 0.0712. The van der Waals surface area contributed by atoms with Crippen molar-refractivity contribution in [3.8, 4) is 5.75 Å². The number of amides is 1. The monoisotopic (exact) mass is 551 g/mol. The second-order valence-electron chi connectivity index (χ2n) is 9.08. The first-order chi connectivity index (χ1) is 18.0. The molecule has 0 aliphatic carbocycles. The van der Waals surface area contributed by atoms with Gasteiger partial charge in [-0.2, -0.15) is 0 Å². The van der Waals surface area contributed by atoms with E-state index in [4.69, 9.17) is 9.15 Å². The lowest BCUT2D eigenvalue weighted by atomic mass is 9.97. The fourth-order valence-electron chi connectivity index (χ4n) is 4.81. The average Bonchev–Trinajstić information content (AvgIpc) is 3.21. The molecule has 5 aromatic rings. The van der Waals surface area contributed by atoms with Gasteiger partial charge in [0.25, 0.3) is 5.91 Å². The fraction of sp³-hybridized carbons (Fsp3) is 0.0968. The first-order valence-corrected chi connectivity index (χ1v) is 12.7. The predicted octanol–water partition coefficient (Wildman–Crippen LogP) is 7.19. The van der Waals surface area contributed by atoms with E-state index in [1.165, 1.54) is 0 Å². The van der Waals surface area contributed by atoms with E-state index in [2.05, 4.69) is 15.9 Å². The van der Waals surface area contributed by atoms with Crippen LogP contribution in [0.15, 0.2) is 111 Å². The van der Waals surface area contributed by atoms with Crippen molar-refractivity contribution in [2.75, 3.05) is 4.90 Å². The van der Waals surface area contributed by atoms with Gasteiger partial charge in [0.1, 0.15) is 17.9 Å². The molecule has 182 valence electrons. The Bertz CT molecular complexity index is 1710. The maximum atomic E-state index is 13.9. The number of carbonyl (C=O) groups is 1. The number of hydrogen-bond acceptors (Lipinski definition) is 4. The summed E-state index contributed by atoms with van der Waals surface area (Å²) in [6.45, 7) is 2.34. The molecule has 6 rings (SSSR count). The van der Waals surface area contributed by atoms with Crippen LogP contribution in [0.5, 0.6) is 5.75 Å². The van der Waals surface area contributed by atoms with Gasteiger partial charge in [0.15, 0.2) is 5.43 Å². The number of halogens is 1. The first kappa shape index (κ1) is 23.3. The Labute approximate surface area is 222 Å². The Morgan fingerprint density at radius 1 is 0.892 bits per heavy atom. The van der Waals surface area contributed by atoms with Crippen LogP contribution in [0.1, 0.15) is 38.9 Å². The Morgan fingerprint density at radius 3 is 2.51 bits per heavy atom. The number of anilines is 1. The van der Waals surface area contributed by atoms with Crippen LogP contribution in [0, 0.1) is 6.92 Å². The lowest BCUT2D eigenvalue weighted by Gasteiger charge is -2.25. The van der Waals surface area contributed by atoms with Crippen LogP contribution < -0.4 is 15.1 Å². The lowest BCUT2D eigenvalue weighted by Crippen LogP contribution is -2.29. The third-order valence-electron chi connectivity index (χ3n) is 6.53. The molecule has 1 atom stereocenters. The molecule has 2 heterocycles. The SMILES string of the molecule is Cc1ccc2oc3c(c(=O)c2c1)C(c1cccc(OCc2ccccc2)c1)N(c1cccc(Br)c1)C3=O. The molecule has 1 unspecified atom stereocenters. The van der Waals surface area contributed by atoms with E-state index in [1.807, 2.05) is 97.9 Å². The Kier molecular flexibility index (Phi) is 5.89. The fourth-order valence-corrected chi connectivity index (χ4v) is 5.20. The second kappa shape index (κ2) is 9.37. The van der Waals surface area contributed by atoms with Crippen LogP contribution in [0.2, 0.25) is 0 Å². The highest BCUT2D eigenvalue weighted by atomic mass is 79.9. The molecule has 4 aromatic carbocycles. The van der Waals surface area contributed by atoms with E-state index in [0.717, 1.165) is 21.2 Å². The van der Waals surface area contributed by atoms with Crippen LogP contribution in [0.25, 0.3) is 11.0 Å². The number of rotatable bonds is 5. The minimum atomic E-state index is -0.668. The quantitative estimate of drug-likeness (QED) is 0.232. The summed E-state index contributed by atoms with van der Waals surface area (Å²) in [6.07, 6.45) is 0. The average molecular weight is 552 g/mol. The van der Waals surface area contributed by atoms with Crippen molar-refractivity contribution >= 4 is 38.5 Å². The molecule has 0 fully saturated rings. The smallest absolute Gasteiger partial charge is 0.295 e. The number of benzene rings is 4. The third kappa shape index (κ3) is 4.23. The van der Waals surface area contributed by atoms with Crippen molar-refractivity contribution in [2.24, 2.45) is 0 Å². The molecule has 1 aromatic heterocycles. The summed E-state index contributed by atoms with van der Waals surface area (Å²) < 4.78 is 13.0. The van der Waals surface area contributed by atoms with E-state index in [1.54, 1.807) is 11.0 Å². The van der Waals surface area contributed by atoms with Crippen molar-refractivity contribution in [1.82, 2.24) is 0 Å². The summed E-state index contributed by atoms with van der Waals surface area (Å²) in [6, 6.07) is 29.7. The van der Waals surface area contributed by atoms with E-state index in [0.29, 0.717) is 34.6 Å². The Morgan fingerprint density at radius 2 is 1.70 bits per heavy atom. The molecule has 0 bridgehead atoms. The number of hydrogen-bond donors (Lipinski definition) is 0. The highest BCUT2D eigenvalue weighted by Crippen LogP contribution is 2.42.